The predicted molar refractivity (Wildman–Crippen MR) is 71.9 cm³/mol. The molecule has 0 saturated carbocycles. The maximum absolute atomic E-state index is 2.62. The molecule has 0 aromatic heterocycles. The molecule has 2 fully saturated rings. The van der Waals surface area contributed by atoms with Crippen LogP contribution in [0.3, 0.4) is 0 Å². The Labute approximate surface area is 102 Å². The molecule has 2 heterocycles. The van der Waals surface area contributed by atoms with Gasteiger partial charge in [-0.15, -0.1) is 0 Å². The van der Waals surface area contributed by atoms with Gasteiger partial charge in [0, 0.05) is 6.54 Å². The van der Waals surface area contributed by atoms with Crippen LogP contribution in [0.1, 0.15) is 46.5 Å². The topological polar surface area (TPSA) is 6.48 Å². The van der Waals surface area contributed by atoms with Crippen LogP contribution in [0.25, 0.3) is 0 Å². The molecule has 16 heavy (non-hydrogen) atoms. The summed E-state index contributed by atoms with van der Waals surface area (Å²) in [5.41, 5.74) is 0.711. The minimum atomic E-state index is 0.711. The fourth-order valence-corrected chi connectivity index (χ4v) is 2.80. The smallest absolute Gasteiger partial charge is 0.00393 e. The van der Waals surface area contributed by atoms with E-state index in [-0.39, 0.29) is 0 Å². The Morgan fingerprint density at radius 2 is 1.44 bits per heavy atom. The van der Waals surface area contributed by atoms with Crippen LogP contribution in [0.15, 0.2) is 0 Å². The molecule has 0 N–H and O–H groups in total. The molecule has 0 amide bonds. The zero-order chi connectivity index (χ0) is 12.0. The molecule has 0 atom stereocenters. The van der Waals surface area contributed by atoms with Crippen LogP contribution in [0, 0.1) is 5.41 Å². The predicted octanol–water partition coefficient (Wildman–Crippen LogP) is 2.84. The van der Waals surface area contributed by atoms with Gasteiger partial charge in [0.2, 0.25) is 0 Å². The summed E-state index contributed by atoms with van der Waals surface area (Å²) < 4.78 is 0. The first kappa shape index (κ1) is 14.0. The van der Waals surface area contributed by atoms with Gasteiger partial charge in [0.25, 0.3) is 0 Å². The van der Waals surface area contributed by atoms with Gasteiger partial charge in [-0.05, 0) is 57.9 Å². The Bertz CT molecular complexity index is 183. The van der Waals surface area contributed by atoms with E-state index in [1.807, 2.05) is 0 Å². The van der Waals surface area contributed by atoms with Crippen molar-refractivity contribution in [3.8, 4) is 0 Å². The normalized spacial score (nSPS) is 25.5. The van der Waals surface area contributed by atoms with Crippen LogP contribution < -0.4 is 0 Å². The van der Waals surface area contributed by atoms with Crippen molar-refractivity contribution in [1.29, 1.82) is 0 Å². The highest BCUT2D eigenvalue weighted by molar-refractivity contribution is 4.92. The Kier molecular flexibility index (Phi) is 5.77. The molecule has 1 spiro atoms. The lowest BCUT2D eigenvalue weighted by Crippen LogP contribution is -2.39. The molecule has 2 heteroatoms. The number of likely N-dealkylation sites (tertiary alicyclic amines) is 2. The van der Waals surface area contributed by atoms with E-state index in [0.29, 0.717) is 5.41 Å². The average molecular weight is 226 g/mol. The lowest BCUT2D eigenvalue weighted by Gasteiger charge is -2.37. The van der Waals surface area contributed by atoms with Crippen molar-refractivity contribution in [2.24, 2.45) is 5.41 Å². The van der Waals surface area contributed by atoms with Gasteiger partial charge in [-0.25, -0.2) is 0 Å². The maximum atomic E-state index is 2.62. The number of hydrogen-bond acceptors (Lipinski definition) is 2. The monoisotopic (exact) mass is 226 g/mol. The third-order valence-corrected chi connectivity index (χ3v) is 4.01. The molecule has 0 aromatic carbocycles. The second-order valence-electron chi connectivity index (χ2n) is 5.63. The first-order valence-corrected chi connectivity index (χ1v) is 7.06. The molecule has 2 aliphatic rings. The van der Waals surface area contributed by atoms with Crippen LogP contribution in [0.5, 0.6) is 0 Å². The van der Waals surface area contributed by atoms with Crippen LogP contribution in [0.2, 0.25) is 0 Å². The third kappa shape index (κ3) is 3.74. The highest BCUT2D eigenvalue weighted by Crippen LogP contribution is 2.39. The standard InChI is InChI=1S/C11H22N2.C3H8/c1-3-13-9-6-11(10-13)4-7-12(2)8-5-11;1-3-2/h3-10H2,1-2H3;3H2,1-2H3. The molecule has 0 radical (unpaired) electrons. The fraction of sp³-hybridized carbons (Fsp3) is 1.00. The summed E-state index contributed by atoms with van der Waals surface area (Å²) in [5, 5.41) is 0. The molecular formula is C14H30N2. The molecule has 96 valence electrons. The molecule has 2 nitrogen and oxygen atoms in total. The lowest BCUT2D eigenvalue weighted by molar-refractivity contribution is 0.127. The van der Waals surface area contributed by atoms with Crippen molar-refractivity contribution < 1.29 is 0 Å². The summed E-state index contributed by atoms with van der Waals surface area (Å²) in [6.45, 7) is 13.1. The second kappa shape index (κ2) is 6.61. The van der Waals surface area contributed by atoms with E-state index in [1.54, 1.807) is 0 Å². The van der Waals surface area contributed by atoms with E-state index < -0.39 is 0 Å². The summed E-state index contributed by atoms with van der Waals surface area (Å²) >= 11 is 0. The van der Waals surface area contributed by atoms with Crippen LogP contribution in [0.4, 0.5) is 0 Å². The van der Waals surface area contributed by atoms with Gasteiger partial charge in [-0.3, -0.25) is 0 Å². The Balaban J connectivity index is 0.000000386. The summed E-state index contributed by atoms with van der Waals surface area (Å²) in [6, 6.07) is 0. The first-order valence-electron chi connectivity index (χ1n) is 7.06. The van der Waals surface area contributed by atoms with Crippen molar-refractivity contribution in [2.75, 3.05) is 39.8 Å². The molecule has 2 saturated heterocycles. The van der Waals surface area contributed by atoms with Gasteiger partial charge >= 0.3 is 0 Å². The SMILES string of the molecule is CCC.CCN1CCC2(CCN(C)CC2)C1. The van der Waals surface area contributed by atoms with Gasteiger partial charge < -0.3 is 9.80 Å². The van der Waals surface area contributed by atoms with Crippen LogP contribution >= 0.6 is 0 Å². The van der Waals surface area contributed by atoms with Gasteiger partial charge in [0.05, 0.1) is 0 Å². The maximum Gasteiger partial charge on any atom is 0.00393 e. The molecule has 0 unspecified atom stereocenters. The summed E-state index contributed by atoms with van der Waals surface area (Å²) in [5.74, 6) is 0. The Morgan fingerprint density at radius 1 is 0.938 bits per heavy atom. The number of piperidine rings is 1. The number of nitrogens with zero attached hydrogens (tertiary/aromatic N) is 2. The second-order valence-corrected chi connectivity index (χ2v) is 5.63. The Hall–Kier alpha value is -0.0800. The van der Waals surface area contributed by atoms with E-state index in [0.717, 1.165) is 0 Å². The van der Waals surface area contributed by atoms with Crippen molar-refractivity contribution in [2.45, 2.75) is 46.5 Å². The van der Waals surface area contributed by atoms with Gasteiger partial charge in [0.15, 0.2) is 0 Å². The summed E-state index contributed by atoms with van der Waals surface area (Å²) in [7, 11) is 2.25. The highest BCUT2D eigenvalue weighted by Gasteiger charge is 2.39. The van der Waals surface area contributed by atoms with Crippen molar-refractivity contribution in [1.82, 2.24) is 9.80 Å². The van der Waals surface area contributed by atoms with Gasteiger partial charge in [0.1, 0.15) is 0 Å². The minimum absolute atomic E-state index is 0.711. The van der Waals surface area contributed by atoms with E-state index in [2.05, 4.69) is 37.6 Å². The lowest BCUT2D eigenvalue weighted by atomic mass is 9.78. The van der Waals surface area contributed by atoms with Gasteiger partial charge in [-0.1, -0.05) is 27.2 Å². The minimum Gasteiger partial charge on any atom is -0.306 e. The molecule has 2 rings (SSSR count). The molecular weight excluding hydrogens is 196 g/mol. The Morgan fingerprint density at radius 3 is 1.88 bits per heavy atom. The van der Waals surface area contributed by atoms with Crippen molar-refractivity contribution >= 4 is 0 Å². The van der Waals surface area contributed by atoms with Crippen LogP contribution in [-0.4, -0.2) is 49.6 Å². The number of rotatable bonds is 1. The zero-order valence-electron chi connectivity index (χ0n) is 11.8. The zero-order valence-corrected chi connectivity index (χ0v) is 11.8. The fourth-order valence-electron chi connectivity index (χ4n) is 2.80. The molecule has 0 aromatic rings. The summed E-state index contributed by atoms with van der Waals surface area (Å²) in [4.78, 5) is 5.09. The molecule has 0 aliphatic carbocycles. The highest BCUT2D eigenvalue weighted by atomic mass is 15.2. The first-order chi connectivity index (χ1) is 7.65. The van der Waals surface area contributed by atoms with E-state index in [1.165, 1.54) is 58.4 Å². The largest absolute Gasteiger partial charge is 0.306 e. The molecule has 2 aliphatic heterocycles. The van der Waals surface area contributed by atoms with E-state index >= 15 is 0 Å². The van der Waals surface area contributed by atoms with Gasteiger partial charge in [-0.2, -0.15) is 0 Å². The quantitative estimate of drug-likeness (QED) is 0.678. The van der Waals surface area contributed by atoms with E-state index in [4.69, 9.17) is 0 Å². The molecule has 0 bridgehead atoms. The summed E-state index contributed by atoms with van der Waals surface area (Å²) in [6.07, 6.45) is 5.56. The third-order valence-electron chi connectivity index (χ3n) is 4.01. The number of hydrogen-bond donors (Lipinski definition) is 0. The van der Waals surface area contributed by atoms with E-state index in [9.17, 15) is 0 Å². The van der Waals surface area contributed by atoms with Crippen LogP contribution in [-0.2, 0) is 0 Å². The average Bonchev–Trinajstić information content (AvgIpc) is 2.68. The van der Waals surface area contributed by atoms with Crippen molar-refractivity contribution in [3.05, 3.63) is 0 Å². The van der Waals surface area contributed by atoms with Crippen molar-refractivity contribution in [3.63, 3.8) is 0 Å².